The van der Waals surface area contributed by atoms with Gasteiger partial charge in [-0.15, -0.1) is 0 Å². The maximum absolute atomic E-state index is 12.4. The normalized spacial score (nSPS) is 11.7. The Balaban J connectivity index is 1.66. The zero-order valence-corrected chi connectivity index (χ0v) is 14.2. The van der Waals surface area contributed by atoms with Gasteiger partial charge in [0.15, 0.2) is 0 Å². The molecule has 7 heteroatoms. The van der Waals surface area contributed by atoms with Crippen LogP contribution in [0, 0.1) is 0 Å². The molecule has 0 bridgehead atoms. The number of rotatable bonds is 6. The minimum absolute atomic E-state index is 0.0275. The van der Waals surface area contributed by atoms with E-state index in [-0.39, 0.29) is 11.6 Å². The van der Waals surface area contributed by atoms with Crippen LogP contribution in [0.25, 0.3) is 0 Å². The molecule has 3 aromatic rings. The number of aromatic nitrogens is 3. The van der Waals surface area contributed by atoms with E-state index >= 15 is 0 Å². The van der Waals surface area contributed by atoms with Crippen LogP contribution in [0.4, 0.5) is 5.69 Å². The highest BCUT2D eigenvalue weighted by Gasteiger charge is 2.21. The Morgan fingerprint density at radius 1 is 1.04 bits per heavy atom. The highest BCUT2D eigenvalue weighted by Crippen LogP contribution is 2.16. The molecular formula is C19H18N4O3. The van der Waals surface area contributed by atoms with Crippen molar-refractivity contribution in [3.63, 3.8) is 0 Å². The van der Waals surface area contributed by atoms with Gasteiger partial charge in [0.2, 0.25) is 5.91 Å². The van der Waals surface area contributed by atoms with Crippen molar-refractivity contribution in [3.8, 4) is 0 Å². The number of amides is 1. The van der Waals surface area contributed by atoms with Gasteiger partial charge in [-0.1, -0.05) is 12.1 Å². The Bertz CT molecular complexity index is 904. The number of pyridine rings is 1. The minimum Gasteiger partial charge on any atom is -0.477 e. The van der Waals surface area contributed by atoms with E-state index in [1.165, 1.54) is 16.9 Å². The summed E-state index contributed by atoms with van der Waals surface area (Å²) >= 11 is 0. The molecule has 1 unspecified atom stereocenters. The molecule has 2 aromatic heterocycles. The van der Waals surface area contributed by atoms with Gasteiger partial charge in [-0.05, 0) is 54.8 Å². The second-order valence-corrected chi connectivity index (χ2v) is 5.86. The van der Waals surface area contributed by atoms with E-state index in [1.54, 1.807) is 19.3 Å². The average molecular weight is 350 g/mol. The van der Waals surface area contributed by atoms with Crippen LogP contribution in [0.3, 0.4) is 0 Å². The smallest absolute Gasteiger partial charge is 0.354 e. The van der Waals surface area contributed by atoms with Crippen molar-refractivity contribution in [3.05, 3.63) is 77.9 Å². The Hall–Kier alpha value is -3.48. The molecule has 7 nitrogen and oxygen atoms in total. The Labute approximate surface area is 150 Å². The molecule has 3 rings (SSSR count). The molecule has 26 heavy (non-hydrogen) atoms. The monoisotopic (exact) mass is 350 g/mol. The lowest BCUT2D eigenvalue weighted by atomic mass is 10.1. The van der Waals surface area contributed by atoms with E-state index in [4.69, 9.17) is 5.11 Å². The van der Waals surface area contributed by atoms with Gasteiger partial charge in [-0.3, -0.25) is 9.78 Å². The van der Waals surface area contributed by atoms with Crippen LogP contribution in [-0.4, -0.2) is 31.7 Å². The van der Waals surface area contributed by atoms with Gasteiger partial charge in [-0.2, -0.15) is 5.10 Å². The zero-order valence-electron chi connectivity index (χ0n) is 14.2. The van der Waals surface area contributed by atoms with Crippen LogP contribution in [0.5, 0.6) is 0 Å². The van der Waals surface area contributed by atoms with E-state index in [1.807, 2.05) is 36.4 Å². The van der Waals surface area contributed by atoms with Crippen molar-refractivity contribution in [2.75, 3.05) is 5.32 Å². The van der Waals surface area contributed by atoms with E-state index in [9.17, 15) is 9.59 Å². The van der Waals surface area contributed by atoms with Crippen molar-refractivity contribution in [2.45, 2.75) is 19.4 Å². The van der Waals surface area contributed by atoms with Gasteiger partial charge >= 0.3 is 5.97 Å². The summed E-state index contributed by atoms with van der Waals surface area (Å²) in [6.45, 7) is 1.60. The van der Waals surface area contributed by atoms with Gasteiger partial charge in [0, 0.05) is 24.3 Å². The summed E-state index contributed by atoms with van der Waals surface area (Å²) in [6, 6.07) is 12.1. The van der Waals surface area contributed by atoms with Crippen molar-refractivity contribution >= 4 is 17.6 Å². The van der Waals surface area contributed by atoms with E-state index < -0.39 is 12.0 Å². The van der Waals surface area contributed by atoms with E-state index in [0.29, 0.717) is 5.69 Å². The predicted molar refractivity (Wildman–Crippen MR) is 96.0 cm³/mol. The SMILES string of the molecule is CC(C(=O)Nc1ccc(Cc2ccncc2)cc1)n1nccc1C(=O)O. The standard InChI is InChI=1S/C19H18N4O3/c1-13(23-17(19(25)26)8-11-21-23)18(24)22-16-4-2-14(3-5-16)12-15-6-9-20-10-7-15/h2-11,13H,12H2,1H3,(H,22,24)(H,25,26). The van der Waals surface area contributed by atoms with Crippen LogP contribution in [-0.2, 0) is 11.2 Å². The number of hydrogen-bond donors (Lipinski definition) is 2. The minimum atomic E-state index is -1.12. The van der Waals surface area contributed by atoms with Crippen LogP contribution < -0.4 is 5.32 Å². The molecule has 2 heterocycles. The first kappa shape index (κ1) is 17.3. The summed E-state index contributed by atoms with van der Waals surface area (Å²) in [4.78, 5) is 27.5. The molecule has 0 fully saturated rings. The number of hydrogen-bond acceptors (Lipinski definition) is 4. The number of carboxylic acids is 1. The van der Waals surface area contributed by atoms with Crippen molar-refractivity contribution < 1.29 is 14.7 Å². The summed E-state index contributed by atoms with van der Waals surface area (Å²) < 4.78 is 1.19. The van der Waals surface area contributed by atoms with Gasteiger partial charge < -0.3 is 10.4 Å². The third-order valence-corrected chi connectivity index (χ3v) is 4.01. The van der Waals surface area contributed by atoms with Crippen molar-refractivity contribution in [2.24, 2.45) is 0 Å². The van der Waals surface area contributed by atoms with Gasteiger partial charge in [0.25, 0.3) is 0 Å². The second-order valence-electron chi connectivity index (χ2n) is 5.86. The molecule has 1 atom stereocenters. The summed E-state index contributed by atoms with van der Waals surface area (Å²) in [7, 11) is 0. The number of aromatic carboxylic acids is 1. The summed E-state index contributed by atoms with van der Waals surface area (Å²) in [6.07, 6.45) is 5.65. The summed E-state index contributed by atoms with van der Waals surface area (Å²) in [5.74, 6) is -1.46. The Kier molecular flexibility index (Phi) is 5.07. The largest absolute Gasteiger partial charge is 0.477 e. The third kappa shape index (κ3) is 3.94. The first-order chi connectivity index (χ1) is 12.5. The van der Waals surface area contributed by atoms with Gasteiger partial charge in [0.05, 0.1) is 0 Å². The van der Waals surface area contributed by atoms with Crippen LogP contribution in [0.2, 0.25) is 0 Å². The molecule has 0 spiro atoms. The zero-order chi connectivity index (χ0) is 18.5. The molecule has 2 N–H and O–H groups in total. The lowest BCUT2D eigenvalue weighted by Crippen LogP contribution is -2.26. The molecule has 0 aliphatic carbocycles. The second kappa shape index (κ2) is 7.60. The predicted octanol–water partition coefficient (Wildman–Crippen LogP) is 2.77. The number of nitrogens with zero attached hydrogens (tertiary/aromatic N) is 3. The molecule has 0 aliphatic rings. The highest BCUT2D eigenvalue weighted by atomic mass is 16.4. The third-order valence-electron chi connectivity index (χ3n) is 4.01. The first-order valence-electron chi connectivity index (χ1n) is 8.10. The molecule has 0 aliphatic heterocycles. The average Bonchev–Trinajstić information content (AvgIpc) is 3.13. The fraction of sp³-hybridized carbons (Fsp3) is 0.158. The number of carboxylic acid groups (broad SMARTS) is 1. The molecule has 132 valence electrons. The fourth-order valence-electron chi connectivity index (χ4n) is 2.59. The Morgan fingerprint density at radius 2 is 1.69 bits per heavy atom. The lowest BCUT2D eigenvalue weighted by molar-refractivity contribution is -0.119. The van der Waals surface area contributed by atoms with E-state index in [0.717, 1.165) is 17.5 Å². The topological polar surface area (TPSA) is 97.1 Å². The number of nitrogens with one attached hydrogen (secondary N) is 1. The fourth-order valence-corrected chi connectivity index (χ4v) is 2.59. The maximum Gasteiger partial charge on any atom is 0.354 e. The molecule has 1 amide bonds. The molecule has 0 radical (unpaired) electrons. The number of anilines is 1. The van der Waals surface area contributed by atoms with Crippen LogP contribution in [0.15, 0.2) is 61.1 Å². The first-order valence-corrected chi connectivity index (χ1v) is 8.10. The lowest BCUT2D eigenvalue weighted by Gasteiger charge is -2.14. The molecule has 0 saturated carbocycles. The number of carbonyl (C=O) groups is 2. The van der Waals surface area contributed by atoms with E-state index in [2.05, 4.69) is 15.4 Å². The molecular weight excluding hydrogens is 332 g/mol. The van der Waals surface area contributed by atoms with Gasteiger partial charge in [0.1, 0.15) is 11.7 Å². The Morgan fingerprint density at radius 3 is 2.35 bits per heavy atom. The highest BCUT2D eigenvalue weighted by molar-refractivity contribution is 5.94. The summed E-state index contributed by atoms with van der Waals surface area (Å²) in [5, 5.41) is 15.8. The molecule has 1 aromatic carbocycles. The van der Waals surface area contributed by atoms with Crippen molar-refractivity contribution in [1.82, 2.24) is 14.8 Å². The summed E-state index contributed by atoms with van der Waals surface area (Å²) in [5.41, 5.74) is 2.89. The van der Waals surface area contributed by atoms with Gasteiger partial charge in [-0.25, -0.2) is 9.48 Å². The number of benzene rings is 1. The molecule has 0 saturated heterocycles. The van der Waals surface area contributed by atoms with Crippen LogP contribution >= 0.6 is 0 Å². The maximum atomic E-state index is 12.4. The number of carbonyl (C=O) groups excluding carboxylic acids is 1. The quantitative estimate of drug-likeness (QED) is 0.712. The van der Waals surface area contributed by atoms with Crippen molar-refractivity contribution in [1.29, 1.82) is 0 Å². The van der Waals surface area contributed by atoms with Crippen LogP contribution in [0.1, 0.15) is 34.6 Å².